The zero-order chi connectivity index (χ0) is 18.9. The summed E-state index contributed by atoms with van der Waals surface area (Å²) in [7, 11) is -2.87. The van der Waals surface area contributed by atoms with E-state index in [9.17, 15) is 13.2 Å². The lowest BCUT2D eigenvalue weighted by Crippen LogP contribution is -2.52. The minimum Gasteiger partial charge on any atom is -0.486 e. The van der Waals surface area contributed by atoms with Crippen molar-refractivity contribution in [2.45, 2.75) is 17.4 Å². The predicted octanol–water partition coefficient (Wildman–Crippen LogP) is 0.881. The van der Waals surface area contributed by atoms with Crippen LogP contribution in [0.1, 0.15) is 6.42 Å². The molecule has 27 heavy (non-hydrogen) atoms. The van der Waals surface area contributed by atoms with E-state index in [0.717, 1.165) is 35.9 Å². The number of hydrogen-bond acceptors (Lipinski definition) is 7. The van der Waals surface area contributed by atoms with Crippen LogP contribution in [0.5, 0.6) is 11.5 Å². The summed E-state index contributed by atoms with van der Waals surface area (Å²) in [5.74, 6) is 2.55. The summed E-state index contributed by atoms with van der Waals surface area (Å²) in [5, 5.41) is 0. The molecule has 148 valence electrons. The van der Waals surface area contributed by atoms with Crippen LogP contribution in [0.3, 0.4) is 0 Å². The number of rotatable bonds is 4. The van der Waals surface area contributed by atoms with Crippen molar-refractivity contribution in [1.29, 1.82) is 0 Å². The molecule has 7 nitrogen and oxygen atoms in total. The van der Waals surface area contributed by atoms with Crippen LogP contribution in [0.2, 0.25) is 0 Å². The highest BCUT2D eigenvalue weighted by Crippen LogP contribution is 2.34. The number of benzene rings is 1. The Morgan fingerprint density at radius 2 is 1.85 bits per heavy atom. The second kappa shape index (κ2) is 7.89. The van der Waals surface area contributed by atoms with Gasteiger partial charge in [0.05, 0.1) is 17.3 Å². The Balaban J connectivity index is 1.25. The van der Waals surface area contributed by atoms with Gasteiger partial charge in [-0.25, -0.2) is 8.42 Å². The van der Waals surface area contributed by atoms with Gasteiger partial charge in [-0.1, -0.05) is 0 Å². The fourth-order valence-electron chi connectivity index (χ4n) is 3.75. The maximum absolute atomic E-state index is 12.5. The summed E-state index contributed by atoms with van der Waals surface area (Å²) in [4.78, 5) is 17.6. The van der Waals surface area contributed by atoms with Crippen LogP contribution in [0.4, 0.5) is 0 Å². The quantitative estimate of drug-likeness (QED) is 0.680. The number of thioether (sulfide) groups is 1. The molecule has 0 spiro atoms. The number of carbonyl (C=O) groups is 1. The standard InChI is InChI=1S/C18H24N2O5S2/c21-18(12-26-15-1-2-16-17(11-15)25-9-8-24-16)20-6-4-19(5-7-20)14-3-10-27(22,23)13-14/h1-2,11,14H,3-10,12-13H2. The van der Waals surface area contributed by atoms with Gasteiger partial charge in [-0.2, -0.15) is 0 Å². The van der Waals surface area contributed by atoms with E-state index in [4.69, 9.17) is 9.47 Å². The van der Waals surface area contributed by atoms with E-state index in [0.29, 0.717) is 37.8 Å². The van der Waals surface area contributed by atoms with Gasteiger partial charge in [0.25, 0.3) is 0 Å². The van der Waals surface area contributed by atoms with Crippen molar-refractivity contribution in [1.82, 2.24) is 9.80 Å². The second-order valence-electron chi connectivity index (χ2n) is 7.07. The molecule has 1 amide bonds. The summed E-state index contributed by atoms with van der Waals surface area (Å²) in [5.41, 5.74) is 0. The van der Waals surface area contributed by atoms with Gasteiger partial charge >= 0.3 is 0 Å². The molecule has 0 saturated carbocycles. The van der Waals surface area contributed by atoms with Crippen LogP contribution >= 0.6 is 11.8 Å². The van der Waals surface area contributed by atoms with Gasteiger partial charge < -0.3 is 14.4 Å². The van der Waals surface area contributed by atoms with Gasteiger partial charge in [0, 0.05) is 37.1 Å². The van der Waals surface area contributed by atoms with Crippen LogP contribution in [-0.4, -0.2) is 86.8 Å². The molecule has 3 heterocycles. The van der Waals surface area contributed by atoms with E-state index in [1.54, 1.807) is 0 Å². The first-order valence-electron chi connectivity index (χ1n) is 9.25. The first kappa shape index (κ1) is 18.9. The lowest BCUT2D eigenvalue weighted by molar-refractivity contribution is -0.130. The van der Waals surface area contributed by atoms with E-state index in [2.05, 4.69) is 4.90 Å². The monoisotopic (exact) mass is 412 g/mol. The molecule has 1 aromatic carbocycles. The summed E-state index contributed by atoms with van der Waals surface area (Å²) in [6.07, 6.45) is 0.718. The molecule has 2 fully saturated rings. The number of sulfone groups is 1. The van der Waals surface area contributed by atoms with E-state index in [-0.39, 0.29) is 17.7 Å². The molecule has 3 aliphatic rings. The molecule has 3 aliphatic heterocycles. The van der Waals surface area contributed by atoms with Gasteiger partial charge in [0.2, 0.25) is 5.91 Å². The van der Waals surface area contributed by atoms with Gasteiger partial charge in [0.1, 0.15) is 13.2 Å². The van der Waals surface area contributed by atoms with E-state index in [1.807, 2.05) is 23.1 Å². The van der Waals surface area contributed by atoms with Crippen molar-refractivity contribution in [3.63, 3.8) is 0 Å². The molecule has 1 atom stereocenters. The van der Waals surface area contributed by atoms with E-state index < -0.39 is 9.84 Å². The topological polar surface area (TPSA) is 76.2 Å². The Morgan fingerprint density at radius 1 is 1.11 bits per heavy atom. The second-order valence-corrected chi connectivity index (χ2v) is 10.3. The Bertz CT molecular complexity index is 806. The zero-order valence-corrected chi connectivity index (χ0v) is 16.8. The third-order valence-electron chi connectivity index (χ3n) is 5.27. The lowest BCUT2D eigenvalue weighted by Gasteiger charge is -2.37. The molecule has 0 N–H and O–H groups in total. The van der Waals surface area contributed by atoms with Crippen LogP contribution in [0, 0.1) is 0 Å². The van der Waals surface area contributed by atoms with Gasteiger partial charge in [0.15, 0.2) is 21.3 Å². The lowest BCUT2D eigenvalue weighted by atomic mass is 10.2. The largest absolute Gasteiger partial charge is 0.486 e. The van der Waals surface area contributed by atoms with Gasteiger partial charge in [-0.05, 0) is 24.6 Å². The molecule has 4 rings (SSSR count). The number of piperazine rings is 1. The first-order valence-corrected chi connectivity index (χ1v) is 12.1. The van der Waals surface area contributed by atoms with Gasteiger partial charge in [-0.15, -0.1) is 11.8 Å². The van der Waals surface area contributed by atoms with Crippen molar-refractivity contribution < 1.29 is 22.7 Å². The summed E-state index contributed by atoms with van der Waals surface area (Å²) < 4.78 is 34.4. The fraction of sp³-hybridized carbons (Fsp3) is 0.611. The first-order chi connectivity index (χ1) is 13.0. The van der Waals surface area contributed by atoms with E-state index >= 15 is 0 Å². The minimum absolute atomic E-state index is 0.119. The van der Waals surface area contributed by atoms with Crippen molar-refractivity contribution >= 4 is 27.5 Å². The third kappa shape index (κ3) is 4.52. The maximum atomic E-state index is 12.5. The molecular weight excluding hydrogens is 388 g/mol. The normalized spacial score (nSPS) is 24.7. The summed E-state index contributed by atoms with van der Waals surface area (Å²) >= 11 is 1.50. The Labute approximate surface area is 163 Å². The predicted molar refractivity (Wildman–Crippen MR) is 103 cm³/mol. The molecule has 2 saturated heterocycles. The maximum Gasteiger partial charge on any atom is 0.233 e. The zero-order valence-electron chi connectivity index (χ0n) is 15.1. The minimum atomic E-state index is -2.87. The SMILES string of the molecule is O=C(CSc1ccc2c(c1)OCCO2)N1CCN(C2CCS(=O)(=O)C2)CC1. The smallest absolute Gasteiger partial charge is 0.233 e. The highest BCUT2D eigenvalue weighted by atomic mass is 32.2. The van der Waals surface area contributed by atoms with Crippen molar-refractivity contribution in [3.05, 3.63) is 18.2 Å². The molecule has 1 unspecified atom stereocenters. The number of nitrogens with zero attached hydrogens (tertiary/aromatic N) is 2. The molecule has 0 aliphatic carbocycles. The number of carbonyl (C=O) groups excluding carboxylic acids is 1. The van der Waals surface area contributed by atoms with Crippen molar-refractivity contribution in [2.75, 3.05) is 56.7 Å². The molecular formula is C18H24N2O5S2. The Kier molecular flexibility index (Phi) is 5.52. The van der Waals surface area contributed by atoms with Crippen LogP contribution < -0.4 is 9.47 Å². The Morgan fingerprint density at radius 3 is 2.56 bits per heavy atom. The molecule has 1 aromatic rings. The van der Waals surface area contributed by atoms with Crippen molar-refractivity contribution in [3.8, 4) is 11.5 Å². The number of ether oxygens (including phenoxy) is 2. The fourth-order valence-corrected chi connectivity index (χ4v) is 6.34. The van der Waals surface area contributed by atoms with Gasteiger partial charge in [-0.3, -0.25) is 9.69 Å². The molecule has 0 aromatic heterocycles. The Hall–Kier alpha value is -1.45. The molecule has 9 heteroatoms. The average molecular weight is 413 g/mol. The van der Waals surface area contributed by atoms with E-state index in [1.165, 1.54) is 11.8 Å². The van der Waals surface area contributed by atoms with Crippen molar-refractivity contribution in [2.24, 2.45) is 0 Å². The summed E-state index contributed by atoms with van der Waals surface area (Å²) in [6, 6.07) is 5.88. The average Bonchev–Trinajstić information content (AvgIpc) is 3.06. The van der Waals surface area contributed by atoms with Crippen LogP contribution in [0.15, 0.2) is 23.1 Å². The number of amides is 1. The number of hydrogen-bond donors (Lipinski definition) is 0. The van der Waals surface area contributed by atoms with Crippen LogP contribution in [0.25, 0.3) is 0 Å². The summed E-state index contributed by atoms with van der Waals surface area (Å²) in [6.45, 7) is 3.94. The highest BCUT2D eigenvalue weighted by Gasteiger charge is 2.34. The highest BCUT2D eigenvalue weighted by molar-refractivity contribution is 8.00. The number of fused-ring (bicyclic) bond motifs is 1. The third-order valence-corrected chi connectivity index (χ3v) is 8.00. The molecule has 0 radical (unpaired) electrons. The van der Waals surface area contributed by atoms with Crippen LogP contribution in [-0.2, 0) is 14.6 Å². The molecule has 0 bridgehead atoms.